The fourth-order valence-corrected chi connectivity index (χ4v) is 3.91. The van der Waals surface area contributed by atoms with Crippen molar-refractivity contribution >= 4 is 11.8 Å². The quantitative estimate of drug-likeness (QED) is 0.873. The summed E-state index contributed by atoms with van der Waals surface area (Å²) in [6, 6.07) is 6.16. The molecule has 1 saturated carbocycles. The number of rotatable bonds is 5. The Balaban J connectivity index is 1.57. The van der Waals surface area contributed by atoms with Crippen LogP contribution in [0.4, 0.5) is 0 Å². The highest BCUT2D eigenvalue weighted by Gasteiger charge is 2.26. The molecule has 0 aromatic heterocycles. The summed E-state index contributed by atoms with van der Waals surface area (Å²) in [6.07, 6.45) is 5.42. The van der Waals surface area contributed by atoms with Gasteiger partial charge in [-0.2, -0.15) is 11.8 Å². The fourth-order valence-electron chi connectivity index (χ4n) is 2.94. The zero-order valence-corrected chi connectivity index (χ0v) is 12.5. The van der Waals surface area contributed by atoms with Crippen LogP contribution in [0.1, 0.15) is 30.9 Å². The lowest BCUT2D eigenvalue weighted by molar-refractivity contribution is 0.167. The summed E-state index contributed by atoms with van der Waals surface area (Å²) in [6.45, 7) is 0.853. The van der Waals surface area contributed by atoms with Crippen LogP contribution in [0.25, 0.3) is 0 Å². The Morgan fingerprint density at radius 2 is 2.20 bits per heavy atom. The number of benzene rings is 1. The van der Waals surface area contributed by atoms with E-state index in [2.05, 4.69) is 11.6 Å². The summed E-state index contributed by atoms with van der Waals surface area (Å²) in [7, 11) is 0. The Morgan fingerprint density at radius 3 is 3.05 bits per heavy atom. The zero-order valence-electron chi connectivity index (χ0n) is 11.7. The average molecular weight is 295 g/mol. The molecule has 2 aliphatic rings. The topological polar surface area (TPSA) is 50.7 Å². The second kappa shape index (κ2) is 6.24. The maximum atomic E-state index is 10.3. The van der Waals surface area contributed by atoms with E-state index in [-0.39, 0.29) is 6.79 Å². The predicted octanol–water partition coefficient (Wildman–Crippen LogP) is 2.32. The van der Waals surface area contributed by atoms with Gasteiger partial charge in [-0.05, 0) is 36.8 Å². The van der Waals surface area contributed by atoms with Crippen LogP contribution >= 0.6 is 11.8 Å². The first-order chi connectivity index (χ1) is 9.78. The van der Waals surface area contributed by atoms with Crippen LogP contribution < -0.4 is 14.8 Å². The summed E-state index contributed by atoms with van der Waals surface area (Å²) in [5.41, 5.74) is 0.875. The molecule has 0 amide bonds. The van der Waals surface area contributed by atoms with Crippen molar-refractivity contribution in [2.75, 3.05) is 19.6 Å². The smallest absolute Gasteiger partial charge is 0.231 e. The van der Waals surface area contributed by atoms with Gasteiger partial charge >= 0.3 is 0 Å². The van der Waals surface area contributed by atoms with E-state index >= 15 is 0 Å². The molecular formula is C15H21NO3S. The van der Waals surface area contributed by atoms with E-state index in [1.807, 2.05) is 30.0 Å². The first kappa shape index (κ1) is 14.0. The van der Waals surface area contributed by atoms with Gasteiger partial charge in [0.2, 0.25) is 6.79 Å². The summed E-state index contributed by atoms with van der Waals surface area (Å²) in [5.74, 6) is 1.48. The molecule has 1 aromatic rings. The predicted molar refractivity (Wildman–Crippen MR) is 80.5 cm³/mol. The number of ether oxygens (including phenoxy) is 2. The van der Waals surface area contributed by atoms with E-state index in [0.717, 1.165) is 17.1 Å². The molecule has 0 saturated heterocycles. The van der Waals surface area contributed by atoms with Crippen molar-refractivity contribution < 1.29 is 14.6 Å². The first-order valence-electron chi connectivity index (χ1n) is 7.11. The highest BCUT2D eigenvalue weighted by Crippen LogP contribution is 2.34. The Labute approximate surface area is 123 Å². The van der Waals surface area contributed by atoms with Crippen LogP contribution in [-0.2, 0) is 0 Å². The van der Waals surface area contributed by atoms with Crippen LogP contribution in [0, 0.1) is 0 Å². The number of hydrogen-bond donors (Lipinski definition) is 2. The van der Waals surface area contributed by atoms with Gasteiger partial charge in [0, 0.05) is 17.8 Å². The Bertz CT molecular complexity index is 468. The first-order valence-corrected chi connectivity index (χ1v) is 8.40. The molecular weight excluding hydrogens is 274 g/mol. The molecule has 3 unspecified atom stereocenters. The van der Waals surface area contributed by atoms with Gasteiger partial charge in [-0.15, -0.1) is 0 Å². The summed E-state index contributed by atoms with van der Waals surface area (Å²) < 4.78 is 10.6. The summed E-state index contributed by atoms with van der Waals surface area (Å²) in [5, 5.41) is 14.5. The van der Waals surface area contributed by atoms with Gasteiger partial charge in [-0.1, -0.05) is 12.5 Å². The number of aliphatic hydroxyl groups is 1. The maximum absolute atomic E-state index is 10.3. The number of hydrogen-bond acceptors (Lipinski definition) is 5. The second-order valence-electron chi connectivity index (χ2n) is 5.35. The molecule has 0 spiro atoms. The van der Waals surface area contributed by atoms with E-state index in [4.69, 9.17) is 9.47 Å². The minimum absolute atomic E-state index is 0.268. The van der Waals surface area contributed by atoms with Crippen LogP contribution in [0.2, 0.25) is 0 Å². The van der Waals surface area contributed by atoms with Crippen molar-refractivity contribution in [1.82, 2.24) is 5.32 Å². The maximum Gasteiger partial charge on any atom is 0.231 e. The highest BCUT2D eigenvalue weighted by molar-refractivity contribution is 7.99. The van der Waals surface area contributed by atoms with E-state index in [0.29, 0.717) is 17.8 Å². The van der Waals surface area contributed by atoms with Crippen molar-refractivity contribution in [3.63, 3.8) is 0 Å². The molecule has 4 nitrogen and oxygen atoms in total. The van der Waals surface area contributed by atoms with Gasteiger partial charge < -0.3 is 19.9 Å². The Morgan fingerprint density at radius 1 is 1.35 bits per heavy atom. The number of thioether (sulfide) groups is 1. The van der Waals surface area contributed by atoms with Crippen LogP contribution in [-0.4, -0.2) is 36.0 Å². The van der Waals surface area contributed by atoms with E-state index < -0.39 is 6.10 Å². The molecule has 5 heteroatoms. The molecule has 2 N–H and O–H groups in total. The molecule has 20 heavy (non-hydrogen) atoms. The lowest BCUT2D eigenvalue weighted by Gasteiger charge is -2.21. The second-order valence-corrected chi connectivity index (χ2v) is 6.43. The van der Waals surface area contributed by atoms with Gasteiger partial charge in [0.1, 0.15) is 0 Å². The van der Waals surface area contributed by atoms with E-state index in [1.54, 1.807) is 0 Å². The Kier molecular flexibility index (Phi) is 4.38. The van der Waals surface area contributed by atoms with Crippen molar-refractivity contribution in [2.24, 2.45) is 0 Å². The van der Waals surface area contributed by atoms with E-state index in [9.17, 15) is 5.11 Å². The largest absolute Gasteiger partial charge is 0.454 e. The average Bonchev–Trinajstić information content (AvgIpc) is 3.12. The summed E-state index contributed by atoms with van der Waals surface area (Å²) >= 11 is 1.92. The third kappa shape index (κ3) is 2.90. The molecule has 1 aliphatic heterocycles. The van der Waals surface area contributed by atoms with E-state index in [1.165, 1.54) is 19.3 Å². The molecule has 1 aromatic carbocycles. The number of aliphatic hydroxyl groups excluding tert-OH is 1. The molecule has 1 aliphatic carbocycles. The lowest BCUT2D eigenvalue weighted by atomic mass is 10.1. The normalized spacial score (nSPS) is 25.9. The number of nitrogens with one attached hydrogen (secondary N) is 1. The third-order valence-corrected chi connectivity index (χ3v) is 5.28. The molecule has 110 valence electrons. The molecule has 1 fully saturated rings. The van der Waals surface area contributed by atoms with Gasteiger partial charge in [0.05, 0.1) is 6.10 Å². The zero-order chi connectivity index (χ0) is 13.9. The minimum atomic E-state index is -0.507. The van der Waals surface area contributed by atoms with Gasteiger partial charge in [0.25, 0.3) is 0 Å². The van der Waals surface area contributed by atoms with Crippen molar-refractivity contribution in [2.45, 2.75) is 36.7 Å². The number of fused-ring (bicyclic) bond motifs is 1. The van der Waals surface area contributed by atoms with Crippen LogP contribution in [0.15, 0.2) is 18.2 Å². The molecule has 0 radical (unpaired) electrons. The van der Waals surface area contributed by atoms with Gasteiger partial charge in [0.15, 0.2) is 11.5 Å². The van der Waals surface area contributed by atoms with Crippen molar-refractivity contribution in [3.8, 4) is 11.5 Å². The monoisotopic (exact) mass is 295 g/mol. The molecule has 1 heterocycles. The molecule has 0 bridgehead atoms. The summed E-state index contributed by atoms with van der Waals surface area (Å²) in [4.78, 5) is 0. The minimum Gasteiger partial charge on any atom is -0.454 e. The fraction of sp³-hybridized carbons (Fsp3) is 0.600. The van der Waals surface area contributed by atoms with Crippen LogP contribution in [0.3, 0.4) is 0 Å². The van der Waals surface area contributed by atoms with Gasteiger partial charge in [-0.25, -0.2) is 0 Å². The molecule has 3 rings (SSSR count). The van der Waals surface area contributed by atoms with Crippen LogP contribution in [0.5, 0.6) is 11.5 Å². The standard InChI is InChI=1S/C15H21NO3S/c1-20-15-4-2-3-11(15)16-8-12(17)10-5-6-13-14(7-10)19-9-18-13/h5-7,11-12,15-17H,2-4,8-9H2,1H3. The molecule has 3 atom stereocenters. The third-order valence-electron chi connectivity index (χ3n) is 4.11. The SMILES string of the molecule is CSC1CCCC1NCC(O)c1ccc2c(c1)OCO2. The van der Waals surface area contributed by atoms with Gasteiger partial charge in [-0.3, -0.25) is 0 Å². The van der Waals surface area contributed by atoms with Crippen molar-refractivity contribution in [1.29, 1.82) is 0 Å². The lowest BCUT2D eigenvalue weighted by Crippen LogP contribution is -2.36. The van der Waals surface area contributed by atoms with Crippen molar-refractivity contribution in [3.05, 3.63) is 23.8 Å². The highest BCUT2D eigenvalue weighted by atomic mass is 32.2. The Hall–Kier alpha value is -0.910.